The average molecular weight is 315 g/mol. The summed E-state index contributed by atoms with van der Waals surface area (Å²) in [7, 11) is 1.99. The van der Waals surface area contributed by atoms with E-state index >= 15 is 0 Å². The quantitative estimate of drug-likeness (QED) is 0.928. The Bertz CT molecular complexity index is 550. The first-order valence-electron chi connectivity index (χ1n) is 8.98. The summed E-state index contributed by atoms with van der Waals surface area (Å²) in [4.78, 5) is 17.6. The third-order valence-electron chi connectivity index (χ3n) is 5.13. The number of benzene rings is 1. The van der Waals surface area contributed by atoms with Gasteiger partial charge in [-0.2, -0.15) is 0 Å². The van der Waals surface area contributed by atoms with Gasteiger partial charge in [0, 0.05) is 31.9 Å². The van der Waals surface area contributed by atoms with Gasteiger partial charge in [0.2, 0.25) is 0 Å². The van der Waals surface area contributed by atoms with E-state index in [4.69, 9.17) is 0 Å². The van der Waals surface area contributed by atoms with Crippen molar-refractivity contribution in [3.63, 3.8) is 0 Å². The largest absolute Gasteiger partial charge is 0.371 e. The van der Waals surface area contributed by atoms with E-state index in [2.05, 4.69) is 40.2 Å². The van der Waals surface area contributed by atoms with Crippen LogP contribution in [0.15, 0.2) is 18.2 Å². The third-order valence-corrected chi connectivity index (χ3v) is 5.13. The molecule has 0 unspecified atom stereocenters. The number of nitrogens with one attached hydrogen (secondary N) is 1. The van der Waals surface area contributed by atoms with Crippen molar-refractivity contribution in [3.8, 4) is 0 Å². The van der Waals surface area contributed by atoms with Crippen LogP contribution < -0.4 is 10.2 Å². The van der Waals surface area contributed by atoms with Gasteiger partial charge < -0.3 is 15.1 Å². The molecule has 0 aromatic heterocycles. The lowest BCUT2D eigenvalue weighted by atomic mass is 9.97. The molecule has 1 amide bonds. The maximum absolute atomic E-state index is 13.2. The molecular weight excluding hydrogens is 286 g/mol. The van der Waals surface area contributed by atoms with Gasteiger partial charge >= 0.3 is 0 Å². The summed E-state index contributed by atoms with van der Waals surface area (Å²) in [5.74, 6) is 0.800. The smallest absolute Gasteiger partial charge is 0.255 e. The van der Waals surface area contributed by atoms with Gasteiger partial charge in [-0.3, -0.25) is 4.79 Å². The molecule has 2 aliphatic heterocycles. The number of amides is 1. The number of piperidine rings is 1. The molecular formula is C19H29N3O. The zero-order chi connectivity index (χ0) is 16.2. The van der Waals surface area contributed by atoms with E-state index in [1.807, 2.05) is 7.05 Å². The van der Waals surface area contributed by atoms with Gasteiger partial charge in [0.25, 0.3) is 5.91 Å². The van der Waals surface area contributed by atoms with E-state index in [0.717, 1.165) is 50.4 Å². The Labute approximate surface area is 139 Å². The van der Waals surface area contributed by atoms with Crippen molar-refractivity contribution in [3.05, 3.63) is 29.3 Å². The molecule has 126 valence electrons. The maximum atomic E-state index is 13.2. The number of carbonyl (C=O) groups is 1. The fraction of sp³-hybridized carbons (Fsp3) is 0.632. The Kier molecular flexibility index (Phi) is 5.21. The van der Waals surface area contributed by atoms with Crippen LogP contribution in [0.1, 0.15) is 41.6 Å². The average Bonchev–Trinajstić information content (AvgIpc) is 3.09. The lowest BCUT2D eigenvalue weighted by Crippen LogP contribution is -2.43. The predicted octanol–water partition coefficient (Wildman–Crippen LogP) is 2.67. The molecule has 1 N–H and O–H groups in total. The monoisotopic (exact) mass is 315 g/mol. The van der Waals surface area contributed by atoms with E-state index in [9.17, 15) is 4.79 Å². The van der Waals surface area contributed by atoms with Crippen LogP contribution in [-0.4, -0.2) is 50.6 Å². The second-order valence-corrected chi connectivity index (χ2v) is 7.03. The summed E-state index contributed by atoms with van der Waals surface area (Å²) in [6.45, 7) is 7.00. The van der Waals surface area contributed by atoms with Gasteiger partial charge in [-0.15, -0.1) is 0 Å². The van der Waals surface area contributed by atoms with Crippen molar-refractivity contribution in [1.82, 2.24) is 10.2 Å². The number of aryl methyl sites for hydroxylation is 1. The molecule has 0 saturated carbocycles. The fourth-order valence-corrected chi connectivity index (χ4v) is 3.93. The lowest BCUT2D eigenvalue weighted by Gasteiger charge is -2.34. The summed E-state index contributed by atoms with van der Waals surface area (Å²) in [6, 6.07) is 6.35. The van der Waals surface area contributed by atoms with Crippen molar-refractivity contribution >= 4 is 11.6 Å². The highest BCUT2D eigenvalue weighted by Gasteiger charge is 2.27. The van der Waals surface area contributed by atoms with E-state index in [0.29, 0.717) is 5.92 Å². The Balaban J connectivity index is 1.82. The second kappa shape index (κ2) is 7.35. The van der Waals surface area contributed by atoms with Crippen molar-refractivity contribution in [2.75, 3.05) is 44.7 Å². The zero-order valence-electron chi connectivity index (χ0n) is 14.5. The Hall–Kier alpha value is -1.55. The van der Waals surface area contributed by atoms with Gasteiger partial charge in [-0.25, -0.2) is 0 Å². The first-order valence-corrected chi connectivity index (χ1v) is 8.98. The van der Waals surface area contributed by atoms with Crippen LogP contribution in [0.25, 0.3) is 0 Å². The molecule has 2 saturated heterocycles. The molecule has 3 rings (SSSR count). The minimum absolute atomic E-state index is 0.219. The standard InChI is InChI=1S/C19H29N3O/c1-15-7-8-18(21-9-3-4-10-21)17(12-15)19(23)22-11-5-6-16(14-22)13-20-2/h7-8,12,16,20H,3-6,9-11,13-14H2,1-2H3/t16-/m0/s1. The molecule has 0 spiro atoms. The fourth-order valence-electron chi connectivity index (χ4n) is 3.93. The molecule has 2 heterocycles. The number of hydrogen-bond donors (Lipinski definition) is 1. The van der Waals surface area contributed by atoms with Crippen LogP contribution in [0.2, 0.25) is 0 Å². The topological polar surface area (TPSA) is 35.6 Å². The maximum Gasteiger partial charge on any atom is 0.255 e. The van der Waals surface area contributed by atoms with Crippen molar-refractivity contribution in [2.24, 2.45) is 5.92 Å². The summed E-state index contributed by atoms with van der Waals surface area (Å²) in [5, 5.41) is 3.26. The zero-order valence-corrected chi connectivity index (χ0v) is 14.5. The molecule has 0 bridgehead atoms. The number of nitrogens with zero attached hydrogens (tertiary/aromatic N) is 2. The Morgan fingerprint density at radius 2 is 2.00 bits per heavy atom. The van der Waals surface area contributed by atoms with Crippen molar-refractivity contribution in [1.29, 1.82) is 0 Å². The van der Waals surface area contributed by atoms with Crippen LogP contribution in [-0.2, 0) is 0 Å². The van der Waals surface area contributed by atoms with Crippen LogP contribution in [0.4, 0.5) is 5.69 Å². The van der Waals surface area contributed by atoms with Crippen LogP contribution in [0.3, 0.4) is 0 Å². The van der Waals surface area contributed by atoms with Crippen LogP contribution >= 0.6 is 0 Å². The summed E-state index contributed by atoms with van der Waals surface area (Å²) < 4.78 is 0. The van der Waals surface area contributed by atoms with Gasteiger partial charge in [0.05, 0.1) is 5.56 Å². The number of anilines is 1. The molecule has 4 heteroatoms. The minimum atomic E-state index is 0.219. The highest BCUT2D eigenvalue weighted by atomic mass is 16.2. The van der Waals surface area contributed by atoms with Gasteiger partial charge in [-0.1, -0.05) is 11.6 Å². The number of likely N-dealkylation sites (tertiary alicyclic amines) is 1. The minimum Gasteiger partial charge on any atom is -0.371 e. The van der Waals surface area contributed by atoms with Crippen molar-refractivity contribution in [2.45, 2.75) is 32.6 Å². The Morgan fingerprint density at radius 1 is 1.22 bits per heavy atom. The number of hydrogen-bond acceptors (Lipinski definition) is 3. The molecule has 4 nitrogen and oxygen atoms in total. The molecule has 1 aromatic carbocycles. The molecule has 0 aliphatic carbocycles. The van der Waals surface area contributed by atoms with E-state index < -0.39 is 0 Å². The molecule has 1 atom stereocenters. The summed E-state index contributed by atoms with van der Waals surface area (Å²) in [5.41, 5.74) is 3.20. The molecule has 1 aromatic rings. The summed E-state index contributed by atoms with van der Waals surface area (Å²) >= 11 is 0. The normalized spacial score (nSPS) is 21.7. The molecule has 23 heavy (non-hydrogen) atoms. The molecule has 0 radical (unpaired) electrons. The lowest BCUT2D eigenvalue weighted by molar-refractivity contribution is 0.0675. The van der Waals surface area contributed by atoms with Crippen LogP contribution in [0.5, 0.6) is 0 Å². The first-order chi connectivity index (χ1) is 11.2. The van der Waals surface area contributed by atoms with E-state index in [-0.39, 0.29) is 5.91 Å². The number of carbonyl (C=O) groups excluding carboxylic acids is 1. The predicted molar refractivity (Wildman–Crippen MR) is 95.2 cm³/mol. The van der Waals surface area contributed by atoms with E-state index in [1.165, 1.54) is 24.8 Å². The highest BCUT2D eigenvalue weighted by Crippen LogP contribution is 2.28. The van der Waals surface area contributed by atoms with Crippen LogP contribution in [0, 0.1) is 12.8 Å². The SMILES string of the molecule is CNC[C@@H]1CCCN(C(=O)c2cc(C)ccc2N2CCCC2)C1. The highest BCUT2D eigenvalue weighted by molar-refractivity contribution is 6.00. The Morgan fingerprint density at radius 3 is 2.74 bits per heavy atom. The van der Waals surface area contributed by atoms with Gasteiger partial charge in [0.15, 0.2) is 0 Å². The van der Waals surface area contributed by atoms with Gasteiger partial charge in [0.1, 0.15) is 0 Å². The number of rotatable bonds is 4. The molecule has 2 fully saturated rings. The van der Waals surface area contributed by atoms with Crippen molar-refractivity contribution < 1.29 is 4.79 Å². The molecule has 2 aliphatic rings. The first kappa shape index (κ1) is 16.3. The second-order valence-electron chi connectivity index (χ2n) is 7.03. The van der Waals surface area contributed by atoms with Gasteiger partial charge in [-0.05, 0) is 64.3 Å². The van der Waals surface area contributed by atoms with E-state index in [1.54, 1.807) is 0 Å². The third kappa shape index (κ3) is 3.69. The summed E-state index contributed by atoms with van der Waals surface area (Å²) in [6.07, 6.45) is 4.80.